The molecule has 6 atom stereocenters. The summed E-state index contributed by atoms with van der Waals surface area (Å²) in [5.41, 5.74) is 5.70. The van der Waals surface area contributed by atoms with Crippen molar-refractivity contribution in [3.05, 3.63) is 0 Å². The third-order valence-electron chi connectivity index (χ3n) is 20.7. The van der Waals surface area contributed by atoms with Gasteiger partial charge in [0.2, 0.25) is 29.5 Å². The second-order valence-electron chi connectivity index (χ2n) is 31.1. The smallest absolute Gasteiger partial charge is 0.234 e. The van der Waals surface area contributed by atoms with Gasteiger partial charge in [-0.1, -0.05) is 357 Å². The molecular weight excluding hydrogens is 1600 g/mol. The summed E-state index contributed by atoms with van der Waals surface area (Å²) in [6, 6.07) is 0. The second kappa shape index (κ2) is 91.0. The SMILES string of the molecule is CCCCCCCCCCCCCCCCCS(CCCNC(=O)CCN(CCNC(=O)CCN(CCSSCCC)CC(=O)CCCN(CCC(=O)NCCCS(CCCCCCCCCCCCCCCC)=PP)CCC(=O)NCCNS(CCCCCCCCCCCCCCCC)=PP)CC(=O)NCCN)=PP. The Balaban J connectivity index is 5.41. The van der Waals surface area contributed by atoms with E-state index in [1.54, 1.807) is 10.8 Å². The minimum atomic E-state index is -0.169. The lowest BCUT2D eigenvalue weighted by Gasteiger charge is -2.24. The van der Waals surface area contributed by atoms with E-state index in [0.717, 1.165) is 54.6 Å². The van der Waals surface area contributed by atoms with Gasteiger partial charge in [0.15, 0.2) is 0 Å². The van der Waals surface area contributed by atoms with Gasteiger partial charge < -0.3 is 37.2 Å². The number of carbonyl (C=O) groups is 6. The van der Waals surface area contributed by atoms with E-state index in [0.29, 0.717) is 131 Å². The molecule has 0 heterocycles. The van der Waals surface area contributed by atoms with Gasteiger partial charge in [0.05, 0.1) is 13.1 Å². The van der Waals surface area contributed by atoms with Gasteiger partial charge in [-0.15, -0.1) is 0 Å². The van der Waals surface area contributed by atoms with Gasteiger partial charge in [-0.2, -0.15) is 20.1 Å². The standard InChI is InChI=1S/C85H176N10O6P6S5/c1-5-9-12-15-18-21-24-27-30-32-35-38-41-44-47-74-111(106-103)76-51-59-88-82(98)55-67-94(79-85(101)89-60-57-86)69-63-91-84(100)56-68-95(70-72-109-108-71-8-4)78-80(96)52-49-64-93(65-53-81(97)87-58-50-75-110(105-102)73-46-43-40-37-34-31-28-25-22-19-16-13-10-6-2)66-54-83(99)90-61-62-92-112(107-104)77-48-45-42-39-36-33-29-26-23-20-17-14-11-7-3/h92H,5-79,86,102-104H2,1-4H3,(H,87,97)(H,88,98)(H,89,101)(H,90,99)(H,91,100). The average Bonchev–Trinajstić information content (AvgIpc) is 0.947. The van der Waals surface area contributed by atoms with Crippen molar-refractivity contribution in [1.29, 1.82) is 0 Å². The Morgan fingerprint density at radius 2 is 0.625 bits per heavy atom. The van der Waals surface area contributed by atoms with Crippen LogP contribution in [0.4, 0.5) is 0 Å². The van der Waals surface area contributed by atoms with Crippen LogP contribution in [-0.4, -0.2) is 195 Å². The molecular formula is C85H176N10O6P6S5. The van der Waals surface area contributed by atoms with Crippen molar-refractivity contribution in [2.24, 2.45) is 5.73 Å². The predicted molar refractivity (Wildman–Crippen MR) is 520 cm³/mol. The number of amides is 5. The summed E-state index contributed by atoms with van der Waals surface area (Å²) < 4.78 is 3.70. The minimum absolute atomic E-state index is 0.00155. The summed E-state index contributed by atoms with van der Waals surface area (Å²) in [7, 11) is 17.2. The monoisotopic (exact) mass is 1780 g/mol. The van der Waals surface area contributed by atoms with Gasteiger partial charge in [0.25, 0.3) is 0 Å². The summed E-state index contributed by atoms with van der Waals surface area (Å²) in [5.74, 6) is 7.63. The van der Waals surface area contributed by atoms with Gasteiger partial charge in [0, 0.05) is 134 Å². The second-order valence-corrected chi connectivity index (χ2v) is 51.3. The van der Waals surface area contributed by atoms with E-state index in [2.05, 4.69) is 95.6 Å². The molecule has 6 unspecified atom stereocenters. The number of Topliss-reactive ketones (excluding diaryl/α,β-unsaturated/α-hetero) is 1. The van der Waals surface area contributed by atoms with E-state index in [4.69, 9.17) is 5.73 Å². The molecule has 0 aliphatic rings. The number of rotatable bonds is 89. The van der Waals surface area contributed by atoms with E-state index >= 15 is 0 Å². The highest BCUT2D eigenvalue weighted by molar-refractivity contribution is 8.76. The first-order valence-corrected chi connectivity index (χ1v) is 62.2. The molecule has 0 aliphatic heterocycles. The van der Waals surface area contributed by atoms with E-state index in [-0.39, 0.29) is 71.5 Å². The van der Waals surface area contributed by atoms with Crippen molar-refractivity contribution in [2.75, 3.05) is 145 Å². The largest absolute Gasteiger partial charge is 0.356 e. The van der Waals surface area contributed by atoms with Gasteiger partial charge >= 0.3 is 0 Å². The minimum Gasteiger partial charge on any atom is -0.356 e. The Labute approximate surface area is 716 Å². The number of carbonyl (C=O) groups excluding carboxylic acids is 6. The number of ketones is 1. The van der Waals surface area contributed by atoms with Crippen molar-refractivity contribution in [1.82, 2.24) is 46.0 Å². The van der Waals surface area contributed by atoms with Crippen LogP contribution in [-0.2, 0) is 59.2 Å². The van der Waals surface area contributed by atoms with E-state index < -0.39 is 0 Å². The summed E-state index contributed by atoms with van der Waals surface area (Å²) >= 11 is 0. The average molecular weight is 1780 g/mol. The first kappa shape index (κ1) is 113. The van der Waals surface area contributed by atoms with Crippen molar-refractivity contribution in [3.63, 3.8) is 0 Å². The maximum absolute atomic E-state index is 13.9. The molecule has 0 aromatic heterocycles. The molecule has 112 heavy (non-hydrogen) atoms. The molecule has 0 aromatic carbocycles. The number of nitrogens with one attached hydrogen (secondary N) is 6. The molecule has 0 aliphatic carbocycles. The lowest BCUT2D eigenvalue weighted by molar-refractivity contribution is -0.124. The third-order valence-corrected chi connectivity index (χ3v) is 41.7. The molecule has 8 N–H and O–H groups in total. The van der Waals surface area contributed by atoms with Crippen LogP contribution in [0.5, 0.6) is 0 Å². The van der Waals surface area contributed by atoms with Crippen molar-refractivity contribution >= 4 is 135 Å². The van der Waals surface area contributed by atoms with Crippen LogP contribution < -0.4 is 37.0 Å². The Hall–Kier alpha value is 0.760. The van der Waals surface area contributed by atoms with E-state index in [9.17, 15) is 28.8 Å². The summed E-state index contributed by atoms with van der Waals surface area (Å²) in [5, 5.41) is 15.4. The van der Waals surface area contributed by atoms with Crippen LogP contribution in [0.15, 0.2) is 0 Å². The quantitative estimate of drug-likeness (QED) is 0.0172. The Kier molecular flexibility index (Phi) is 91.6. The third kappa shape index (κ3) is 81.7. The molecule has 0 bridgehead atoms. The molecule has 27 heteroatoms. The normalized spacial score (nSPS) is 12.6. The number of hydrogen-bond donors (Lipinski definition) is 7. The van der Waals surface area contributed by atoms with Crippen LogP contribution in [0, 0.1) is 0 Å². The summed E-state index contributed by atoms with van der Waals surface area (Å²) in [6.07, 6.45) is 64.1. The first-order chi connectivity index (χ1) is 54.9. The summed E-state index contributed by atoms with van der Waals surface area (Å²) in [4.78, 5) is 86.4. The first-order valence-electron chi connectivity index (χ1n) is 45.9. The van der Waals surface area contributed by atoms with Crippen molar-refractivity contribution in [3.8, 4) is 0 Å². The zero-order valence-electron chi connectivity index (χ0n) is 72.5. The van der Waals surface area contributed by atoms with E-state index in [1.807, 2.05) is 15.7 Å². The zero-order chi connectivity index (χ0) is 81.7. The van der Waals surface area contributed by atoms with Gasteiger partial charge in [-0.25, -0.2) is 0 Å². The Bertz CT molecular complexity index is 2230. The Morgan fingerprint density at radius 1 is 0.295 bits per heavy atom. The molecule has 0 spiro atoms. The van der Waals surface area contributed by atoms with Crippen molar-refractivity contribution < 1.29 is 28.8 Å². The van der Waals surface area contributed by atoms with Crippen LogP contribution in [0.1, 0.15) is 362 Å². The van der Waals surface area contributed by atoms with Crippen LogP contribution in [0.3, 0.4) is 0 Å². The van der Waals surface area contributed by atoms with Gasteiger partial charge in [0.1, 0.15) is 5.78 Å². The number of nitrogens with zero attached hydrogens (tertiary/aromatic N) is 3. The number of unbranched alkanes of at least 4 members (excludes halogenated alkanes) is 40. The van der Waals surface area contributed by atoms with Crippen LogP contribution in [0.25, 0.3) is 0 Å². The summed E-state index contributed by atoms with van der Waals surface area (Å²) in [6.45, 7) is 16.5. The lowest BCUT2D eigenvalue weighted by atomic mass is 10.0. The topological polar surface area (TPSA) is 210 Å². The fourth-order valence-corrected chi connectivity index (χ4v) is 29.3. The maximum atomic E-state index is 13.9. The van der Waals surface area contributed by atoms with E-state index in [1.165, 1.54) is 309 Å². The number of nitrogens with two attached hydrogens (primary N) is 1. The molecule has 662 valence electrons. The van der Waals surface area contributed by atoms with Gasteiger partial charge in [-0.3, -0.25) is 43.3 Å². The lowest BCUT2D eigenvalue weighted by Crippen LogP contribution is -2.44. The predicted octanol–water partition coefficient (Wildman–Crippen LogP) is 21.1. The highest BCUT2D eigenvalue weighted by Gasteiger charge is 2.18. The zero-order valence-corrected chi connectivity index (χ0v) is 82.7. The molecule has 0 saturated carbocycles. The maximum Gasteiger partial charge on any atom is 0.234 e. The molecule has 0 rings (SSSR count). The molecule has 16 nitrogen and oxygen atoms in total. The highest BCUT2D eigenvalue weighted by atomic mass is 33.1. The fraction of sp³-hybridized carbons (Fsp3) is 0.929. The Morgan fingerprint density at radius 3 is 1.00 bits per heavy atom. The molecule has 0 radical (unpaired) electrons. The van der Waals surface area contributed by atoms with Crippen LogP contribution >= 0.6 is 69.5 Å². The van der Waals surface area contributed by atoms with Gasteiger partial charge in [-0.05, 0) is 81.5 Å². The molecule has 0 saturated heterocycles. The fourth-order valence-electron chi connectivity index (χ4n) is 13.7. The molecule has 5 amide bonds. The highest BCUT2D eigenvalue weighted by Crippen LogP contribution is 2.24. The molecule has 0 aromatic rings. The number of hydrogen-bond acceptors (Lipinski definition) is 12. The van der Waals surface area contributed by atoms with Crippen LogP contribution in [0.2, 0.25) is 0 Å². The molecule has 0 fully saturated rings. The van der Waals surface area contributed by atoms with Crippen molar-refractivity contribution in [2.45, 2.75) is 362 Å².